The van der Waals surface area contributed by atoms with Gasteiger partial charge in [0.1, 0.15) is 0 Å². The summed E-state index contributed by atoms with van der Waals surface area (Å²) in [6.07, 6.45) is 1.30. The Kier molecular flexibility index (Phi) is 5.57. The van der Waals surface area contributed by atoms with E-state index in [2.05, 4.69) is 15.6 Å². The summed E-state index contributed by atoms with van der Waals surface area (Å²) in [7, 11) is 1.58. The molecule has 0 aliphatic heterocycles. The van der Waals surface area contributed by atoms with Crippen molar-refractivity contribution in [2.45, 2.75) is 20.3 Å². The predicted molar refractivity (Wildman–Crippen MR) is 69.7 cm³/mol. The summed E-state index contributed by atoms with van der Waals surface area (Å²) >= 11 is 1.26. The van der Waals surface area contributed by atoms with Crippen LogP contribution in [0.25, 0.3) is 0 Å². The molecule has 100 valence electrons. The van der Waals surface area contributed by atoms with Gasteiger partial charge in [-0.05, 0) is 5.92 Å². The number of hydrogen-bond donors (Lipinski definition) is 2. The summed E-state index contributed by atoms with van der Waals surface area (Å²) in [4.78, 5) is 27.3. The maximum atomic E-state index is 11.4. The van der Waals surface area contributed by atoms with E-state index in [0.29, 0.717) is 11.7 Å². The first kappa shape index (κ1) is 14.4. The van der Waals surface area contributed by atoms with Crippen LogP contribution in [-0.2, 0) is 16.0 Å². The highest BCUT2D eigenvalue weighted by Crippen LogP contribution is 2.18. The topological polar surface area (TPSA) is 80.3 Å². The molecule has 0 saturated carbocycles. The molecule has 7 heteroatoms. The summed E-state index contributed by atoms with van der Waals surface area (Å²) in [5.41, 5.74) is 0. The smallest absolute Gasteiger partial charge is 0.413 e. The molecular formula is C11H17N3O3S. The lowest BCUT2D eigenvalue weighted by atomic mass is 10.2. The summed E-state index contributed by atoms with van der Waals surface area (Å²) in [5.74, 6) is 0.198. The minimum Gasteiger partial charge on any atom is -0.449 e. The van der Waals surface area contributed by atoms with E-state index in [9.17, 15) is 9.59 Å². The van der Waals surface area contributed by atoms with Crippen molar-refractivity contribution in [3.8, 4) is 0 Å². The van der Waals surface area contributed by atoms with Gasteiger partial charge in [0.25, 0.3) is 0 Å². The highest BCUT2D eigenvalue weighted by Gasteiger charge is 2.10. The lowest BCUT2D eigenvalue weighted by molar-refractivity contribution is -0.119. The molecule has 0 atom stereocenters. The number of thiazole rings is 1. The van der Waals surface area contributed by atoms with Crippen molar-refractivity contribution in [3.05, 3.63) is 11.1 Å². The zero-order chi connectivity index (χ0) is 13.5. The Hall–Kier alpha value is -1.63. The molecule has 1 aromatic rings. The predicted octanol–water partition coefficient (Wildman–Crippen LogP) is 1.64. The number of rotatable bonds is 5. The molecule has 6 nitrogen and oxygen atoms in total. The monoisotopic (exact) mass is 271 g/mol. The number of carbonyl (C=O) groups excluding carboxylic acids is 2. The molecule has 0 radical (unpaired) electrons. The third-order valence-corrected chi connectivity index (χ3v) is 2.84. The Morgan fingerprint density at radius 3 is 2.83 bits per heavy atom. The Morgan fingerprint density at radius 2 is 2.22 bits per heavy atom. The third-order valence-electron chi connectivity index (χ3n) is 1.92. The zero-order valence-electron chi connectivity index (χ0n) is 10.6. The van der Waals surface area contributed by atoms with Crippen LogP contribution >= 0.6 is 11.3 Å². The Labute approximate surface area is 110 Å². The van der Waals surface area contributed by atoms with Gasteiger partial charge in [0, 0.05) is 18.1 Å². The van der Waals surface area contributed by atoms with E-state index in [-0.39, 0.29) is 18.2 Å². The fourth-order valence-electron chi connectivity index (χ4n) is 1.06. The second kappa shape index (κ2) is 6.95. The van der Waals surface area contributed by atoms with Gasteiger partial charge in [0.2, 0.25) is 5.91 Å². The van der Waals surface area contributed by atoms with Gasteiger partial charge in [-0.3, -0.25) is 10.1 Å². The van der Waals surface area contributed by atoms with Crippen molar-refractivity contribution in [1.29, 1.82) is 0 Å². The van der Waals surface area contributed by atoms with E-state index >= 15 is 0 Å². The Morgan fingerprint density at radius 1 is 1.50 bits per heavy atom. The molecule has 1 heterocycles. The van der Waals surface area contributed by atoms with E-state index in [0.717, 1.165) is 4.88 Å². The summed E-state index contributed by atoms with van der Waals surface area (Å²) in [6, 6.07) is 0. The number of ether oxygens (including phenoxy) is 1. The highest BCUT2D eigenvalue weighted by molar-refractivity contribution is 7.15. The molecule has 0 aliphatic carbocycles. The fourth-order valence-corrected chi connectivity index (χ4v) is 1.86. The number of likely N-dealkylation sites (N-methyl/N-ethyl adjacent to an activating group) is 1. The number of nitrogens with zero attached hydrogens (tertiary/aromatic N) is 1. The molecule has 1 aromatic heterocycles. The van der Waals surface area contributed by atoms with Gasteiger partial charge in [-0.2, -0.15) is 0 Å². The number of carbonyl (C=O) groups is 2. The van der Waals surface area contributed by atoms with Crippen molar-refractivity contribution in [1.82, 2.24) is 10.3 Å². The first-order valence-electron chi connectivity index (χ1n) is 5.60. The summed E-state index contributed by atoms with van der Waals surface area (Å²) < 4.78 is 4.96. The lowest BCUT2D eigenvalue weighted by Crippen LogP contribution is -2.19. The minimum absolute atomic E-state index is 0.0902. The van der Waals surface area contributed by atoms with Crippen LogP contribution in [0.4, 0.5) is 9.93 Å². The van der Waals surface area contributed by atoms with Gasteiger partial charge >= 0.3 is 6.09 Å². The number of hydrogen-bond acceptors (Lipinski definition) is 5. The van der Waals surface area contributed by atoms with Gasteiger partial charge in [-0.1, -0.05) is 13.8 Å². The molecule has 0 saturated heterocycles. The molecule has 0 spiro atoms. The maximum absolute atomic E-state index is 11.4. The van der Waals surface area contributed by atoms with Gasteiger partial charge in [-0.15, -0.1) is 11.3 Å². The number of aromatic nitrogens is 1. The Balaban J connectivity index is 2.43. The molecular weight excluding hydrogens is 254 g/mol. The SMILES string of the molecule is CNC(=O)Cc1cnc(NC(=O)OCC(C)C)s1. The molecule has 1 rings (SSSR count). The van der Waals surface area contributed by atoms with E-state index in [1.165, 1.54) is 11.3 Å². The first-order chi connectivity index (χ1) is 8.51. The minimum atomic E-state index is -0.524. The van der Waals surface area contributed by atoms with Crippen LogP contribution in [0.15, 0.2) is 6.20 Å². The van der Waals surface area contributed by atoms with Gasteiger partial charge < -0.3 is 10.1 Å². The van der Waals surface area contributed by atoms with E-state index in [1.807, 2.05) is 13.8 Å². The van der Waals surface area contributed by atoms with Crippen LogP contribution in [0.2, 0.25) is 0 Å². The van der Waals surface area contributed by atoms with Crippen LogP contribution in [-0.4, -0.2) is 30.6 Å². The number of nitrogens with one attached hydrogen (secondary N) is 2. The molecule has 0 fully saturated rings. The second-order valence-corrected chi connectivity index (χ2v) is 5.21. The summed E-state index contributed by atoms with van der Waals surface area (Å²) in [5, 5.41) is 5.48. The third kappa shape index (κ3) is 5.13. The van der Waals surface area contributed by atoms with Crippen LogP contribution in [0.5, 0.6) is 0 Å². The van der Waals surface area contributed by atoms with Gasteiger partial charge in [-0.25, -0.2) is 9.78 Å². The molecule has 0 bridgehead atoms. The molecule has 0 unspecified atom stereocenters. The average Bonchev–Trinajstić information content (AvgIpc) is 2.73. The quantitative estimate of drug-likeness (QED) is 0.853. The van der Waals surface area contributed by atoms with E-state index in [1.54, 1.807) is 13.2 Å². The maximum Gasteiger partial charge on any atom is 0.413 e. The largest absolute Gasteiger partial charge is 0.449 e. The second-order valence-electron chi connectivity index (χ2n) is 4.10. The summed E-state index contributed by atoms with van der Waals surface area (Å²) in [6.45, 7) is 4.28. The molecule has 0 aromatic carbocycles. The molecule has 2 amide bonds. The molecule has 2 N–H and O–H groups in total. The van der Waals surface area contributed by atoms with Crippen LogP contribution in [0, 0.1) is 5.92 Å². The van der Waals surface area contributed by atoms with Gasteiger partial charge in [0.15, 0.2) is 5.13 Å². The number of anilines is 1. The van der Waals surface area contributed by atoms with Crippen LogP contribution in [0.1, 0.15) is 18.7 Å². The van der Waals surface area contributed by atoms with Crippen molar-refractivity contribution >= 4 is 28.5 Å². The van der Waals surface area contributed by atoms with Crippen molar-refractivity contribution in [3.63, 3.8) is 0 Å². The molecule has 18 heavy (non-hydrogen) atoms. The van der Waals surface area contributed by atoms with E-state index < -0.39 is 6.09 Å². The lowest BCUT2D eigenvalue weighted by Gasteiger charge is -2.06. The Bertz CT molecular complexity index is 417. The number of amides is 2. The average molecular weight is 271 g/mol. The van der Waals surface area contributed by atoms with Crippen molar-refractivity contribution in [2.75, 3.05) is 19.0 Å². The molecule has 0 aliphatic rings. The van der Waals surface area contributed by atoms with Crippen molar-refractivity contribution < 1.29 is 14.3 Å². The zero-order valence-corrected chi connectivity index (χ0v) is 11.5. The standard InChI is InChI=1S/C11H17N3O3S/c1-7(2)6-17-11(16)14-10-13-5-8(18-10)4-9(15)12-3/h5,7H,4,6H2,1-3H3,(H,12,15)(H,13,14,16). The highest BCUT2D eigenvalue weighted by atomic mass is 32.1. The van der Waals surface area contributed by atoms with Gasteiger partial charge in [0.05, 0.1) is 13.0 Å². The fraction of sp³-hybridized carbons (Fsp3) is 0.545. The first-order valence-corrected chi connectivity index (χ1v) is 6.42. The normalized spacial score (nSPS) is 10.2. The van der Waals surface area contributed by atoms with E-state index in [4.69, 9.17) is 4.74 Å². The van der Waals surface area contributed by atoms with Crippen LogP contribution < -0.4 is 10.6 Å². The van der Waals surface area contributed by atoms with Crippen LogP contribution in [0.3, 0.4) is 0 Å². The van der Waals surface area contributed by atoms with Crippen molar-refractivity contribution in [2.24, 2.45) is 5.92 Å².